The summed E-state index contributed by atoms with van der Waals surface area (Å²) in [5.41, 5.74) is 3.60. The highest BCUT2D eigenvalue weighted by atomic mass is 79.9. The third-order valence-electron chi connectivity index (χ3n) is 5.07. The molecule has 1 N–H and O–H groups in total. The molecule has 22 heavy (non-hydrogen) atoms. The Hall–Kier alpha value is -1.07. The maximum Gasteiger partial charge on any atom is 0.131 e. The normalized spacial score (nSPS) is 26.5. The maximum absolute atomic E-state index is 6.59. The van der Waals surface area contributed by atoms with Gasteiger partial charge in [-0.25, -0.2) is 4.98 Å². The molecule has 2 aromatic rings. The highest BCUT2D eigenvalue weighted by Gasteiger charge is 2.48. The van der Waals surface area contributed by atoms with E-state index >= 15 is 0 Å². The molecule has 1 aliphatic carbocycles. The van der Waals surface area contributed by atoms with Crippen molar-refractivity contribution in [1.82, 2.24) is 14.8 Å². The van der Waals surface area contributed by atoms with Crippen LogP contribution in [-0.2, 0) is 5.41 Å². The van der Waals surface area contributed by atoms with Crippen LogP contribution in [0.4, 0.5) is 5.82 Å². The Labute approximate surface area is 143 Å². The Morgan fingerprint density at radius 2 is 2.27 bits per heavy atom. The fourth-order valence-corrected chi connectivity index (χ4v) is 4.77. The van der Waals surface area contributed by atoms with Crippen LogP contribution in [0.15, 0.2) is 16.7 Å². The van der Waals surface area contributed by atoms with Gasteiger partial charge in [0.1, 0.15) is 5.82 Å². The molecule has 1 fully saturated rings. The number of hydrogen-bond acceptors (Lipinski definition) is 3. The second kappa shape index (κ2) is 4.96. The Kier molecular flexibility index (Phi) is 3.28. The van der Waals surface area contributed by atoms with E-state index in [9.17, 15) is 0 Å². The summed E-state index contributed by atoms with van der Waals surface area (Å²) in [7, 11) is 0. The van der Waals surface area contributed by atoms with Crippen LogP contribution in [0.3, 0.4) is 0 Å². The van der Waals surface area contributed by atoms with E-state index in [-0.39, 0.29) is 5.41 Å². The van der Waals surface area contributed by atoms with E-state index in [2.05, 4.69) is 55.9 Å². The van der Waals surface area contributed by atoms with Crippen LogP contribution >= 0.6 is 27.5 Å². The van der Waals surface area contributed by atoms with Crippen molar-refractivity contribution >= 4 is 33.3 Å². The van der Waals surface area contributed by atoms with Crippen LogP contribution in [-0.4, -0.2) is 21.3 Å². The second-order valence-corrected chi connectivity index (χ2v) is 7.78. The quantitative estimate of drug-likeness (QED) is 0.796. The van der Waals surface area contributed by atoms with Crippen molar-refractivity contribution in [3.8, 4) is 0 Å². The number of aromatic nitrogens is 3. The van der Waals surface area contributed by atoms with Gasteiger partial charge in [0.25, 0.3) is 0 Å². The topological polar surface area (TPSA) is 42.7 Å². The van der Waals surface area contributed by atoms with E-state index in [4.69, 9.17) is 11.6 Å². The summed E-state index contributed by atoms with van der Waals surface area (Å²) in [5.74, 6) is 0.946. The lowest BCUT2D eigenvalue weighted by Crippen LogP contribution is -2.26. The van der Waals surface area contributed by atoms with E-state index in [1.807, 2.05) is 0 Å². The third kappa shape index (κ3) is 2.02. The van der Waals surface area contributed by atoms with Crippen LogP contribution in [0, 0.1) is 13.8 Å². The van der Waals surface area contributed by atoms with Crippen LogP contribution < -0.4 is 5.32 Å². The average molecular weight is 382 g/mol. The average Bonchev–Trinajstić information content (AvgIpc) is 3.14. The third-order valence-corrected chi connectivity index (χ3v) is 6.29. The van der Waals surface area contributed by atoms with Crippen molar-refractivity contribution in [1.29, 1.82) is 0 Å². The molecule has 4 rings (SSSR count). The van der Waals surface area contributed by atoms with Crippen molar-refractivity contribution in [3.05, 3.63) is 38.7 Å². The smallest absolute Gasteiger partial charge is 0.131 e. The van der Waals surface area contributed by atoms with E-state index in [1.54, 1.807) is 6.20 Å². The minimum Gasteiger partial charge on any atom is -0.369 e. The minimum atomic E-state index is 0.0835. The molecule has 2 atom stereocenters. The van der Waals surface area contributed by atoms with E-state index in [0.717, 1.165) is 46.8 Å². The first kappa shape index (κ1) is 14.5. The van der Waals surface area contributed by atoms with Crippen LogP contribution in [0.5, 0.6) is 0 Å². The van der Waals surface area contributed by atoms with Gasteiger partial charge in [-0.15, -0.1) is 0 Å². The molecule has 0 amide bonds. The van der Waals surface area contributed by atoms with Gasteiger partial charge < -0.3 is 5.32 Å². The maximum atomic E-state index is 6.59. The number of hydrogen-bond donors (Lipinski definition) is 1. The lowest BCUT2D eigenvalue weighted by Gasteiger charge is -2.25. The van der Waals surface area contributed by atoms with Gasteiger partial charge in [-0.05, 0) is 55.1 Å². The molecule has 1 saturated carbocycles. The molecular weight excluding hydrogens is 364 g/mol. The Morgan fingerprint density at radius 3 is 3.00 bits per heavy atom. The molecule has 116 valence electrons. The molecule has 1 spiro atoms. The fraction of sp³-hybridized carbons (Fsp3) is 0.500. The first-order valence-electron chi connectivity index (χ1n) is 7.61. The monoisotopic (exact) mass is 380 g/mol. The van der Waals surface area contributed by atoms with Gasteiger partial charge >= 0.3 is 0 Å². The molecule has 3 heterocycles. The van der Waals surface area contributed by atoms with Gasteiger partial charge in [0.2, 0.25) is 0 Å². The highest BCUT2D eigenvalue weighted by Crippen LogP contribution is 2.54. The molecule has 0 radical (unpaired) electrons. The predicted molar refractivity (Wildman–Crippen MR) is 91.7 cm³/mol. The summed E-state index contributed by atoms with van der Waals surface area (Å²) < 4.78 is 3.08. The summed E-state index contributed by atoms with van der Waals surface area (Å²) >= 11 is 10.1. The SMILES string of the molecule is Cc1cc(C)n(C2CCC3(CNc4ncc(Br)c(Cl)c43)C2)n1. The summed E-state index contributed by atoms with van der Waals surface area (Å²) in [6.45, 7) is 5.11. The number of aryl methyl sites for hydroxylation is 2. The van der Waals surface area contributed by atoms with E-state index in [0.29, 0.717) is 6.04 Å². The zero-order valence-electron chi connectivity index (χ0n) is 12.7. The van der Waals surface area contributed by atoms with Crippen molar-refractivity contribution < 1.29 is 0 Å². The number of rotatable bonds is 1. The van der Waals surface area contributed by atoms with Crippen LogP contribution in [0.1, 0.15) is 42.3 Å². The summed E-state index contributed by atoms with van der Waals surface area (Å²) in [5, 5.41) is 8.94. The largest absolute Gasteiger partial charge is 0.369 e. The van der Waals surface area contributed by atoms with Crippen molar-refractivity contribution in [3.63, 3.8) is 0 Å². The summed E-state index contributed by atoms with van der Waals surface area (Å²) in [4.78, 5) is 4.49. The summed E-state index contributed by atoms with van der Waals surface area (Å²) in [6, 6.07) is 2.59. The summed E-state index contributed by atoms with van der Waals surface area (Å²) in [6.07, 6.45) is 5.09. The molecule has 2 aromatic heterocycles. The van der Waals surface area contributed by atoms with Gasteiger partial charge in [-0.2, -0.15) is 5.10 Å². The lowest BCUT2D eigenvalue weighted by atomic mass is 9.81. The number of pyridine rings is 1. The predicted octanol–water partition coefficient (Wildman–Crippen LogP) is 4.40. The molecule has 2 unspecified atom stereocenters. The highest BCUT2D eigenvalue weighted by molar-refractivity contribution is 9.10. The van der Waals surface area contributed by atoms with Gasteiger partial charge in [0, 0.05) is 29.4 Å². The number of halogens is 2. The van der Waals surface area contributed by atoms with E-state index in [1.165, 1.54) is 11.3 Å². The molecule has 2 aliphatic rings. The van der Waals surface area contributed by atoms with Crippen molar-refractivity contribution in [2.24, 2.45) is 0 Å². The Balaban J connectivity index is 1.72. The first-order valence-corrected chi connectivity index (χ1v) is 8.78. The number of nitrogens with zero attached hydrogens (tertiary/aromatic N) is 3. The standard InChI is InChI=1S/C16H18BrClN4/c1-9-5-10(2)22(21-9)11-3-4-16(6-11)8-20-15-13(16)14(18)12(17)7-19-15/h5,7,11H,3-4,6,8H2,1-2H3,(H,19,20). The van der Waals surface area contributed by atoms with Crippen LogP contribution in [0.2, 0.25) is 5.02 Å². The van der Waals surface area contributed by atoms with Crippen molar-refractivity contribution in [2.75, 3.05) is 11.9 Å². The zero-order chi connectivity index (χ0) is 15.5. The number of nitrogens with one attached hydrogen (secondary N) is 1. The Bertz CT molecular complexity index is 757. The Morgan fingerprint density at radius 1 is 1.45 bits per heavy atom. The zero-order valence-corrected chi connectivity index (χ0v) is 15.0. The van der Waals surface area contributed by atoms with Gasteiger partial charge in [-0.3, -0.25) is 4.68 Å². The van der Waals surface area contributed by atoms with Gasteiger partial charge in [-0.1, -0.05) is 11.6 Å². The number of fused-ring (bicyclic) bond motifs is 2. The first-order chi connectivity index (χ1) is 10.5. The molecule has 0 bridgehead atoms. The van der Waals surface area contributed by atoms with Gasteiger partial charge in [0.15, 0.2) is 0 Å². The second-order valence-electron chi connectivity index (χ2n) is 6.55. The van der Waals surface area contributed by atoms with E-state index < -0.39 is 0 Å². The van der Waals surface area contributed by atoms with Crippen LogP contribution in [0.25, 0.3) is 0 Å². The fourth-order valence-electron chi connectivity index (χ4n) is 4.14. The molecular formula is C16H18BrClN4. The molecule has 0 saturated heterocycles. The molecule has 0 aromatic carbocycles. The lowest BCUT2D eigenvalue weighted by molar-refractivity contribution is 0.412. The number of anilines is 1. The molecule has 6 heteroatoms. The molecule has 1 aliphatic heterocycles. The van der Waals surface area contributed by atoms with Gasteiger partial charge in [0.05, 0.1) is 21.2 Å². The molecule has 4 nitrogen and oxygen atoms in total. The van der Waals surface area contributed by atoms with Crippen molar-refractivity contribution in [2.45, 2.75) is 44.6 Å². The minimum absolute atomic E-state index is 0.0835.